The second-order valence-corrected chi connectivity index (χ2v) is 23.4. The quantitative estimate of drug-likeness (QED) is 0.0617. The van der Waals surface area contributed by atoms with Crippen molar-refractivity contribution >= 4 is 48.9 Å². The van der Waals surface area contributed by atoms with E-state index in [1.165, 1.54) is 18.2 Å². The zero-order valence-electron chi connectivity index (χ0n) is 39.7. The van der Waals surface area contributed by atoms with E-state index in [2.05, 4.69) is 100 Å². The maximum Gasteiger partial charge on any atom is 0.306 e. The Labute approximate surface area is 387 Å². The number of ether oxygens (including phenoxy) is 1. The summed E-state index contributed by atoms with van der Waals surface area (Å²) in [7, 11) is 4.00. The minimum absolute atomic E-state index is 0.114. The molecule has 2 aliphatic heterocycles. The Hall–Kier alpha value is -4.70. The van der Waals surface area contributed by atoms with Gasteiger partial charge < -0.3 is 23.2 Å². The lowest BCUT2D eigenvalue weighted by molar-refractivity contribution is -0.871. The average molecular weight is 929 g/mol. The Morgan fingerprint density at radius 2 is 1.49 bits per heavy atom. The van der Waals surface area contributed by atoms with Gasteiger partial charge in [-0.2, -0.15) is 13.0 Å². The average Bonchev–Trinajstić information content (AvgIpc) is 3.72. The molecule has 0 fully saturated rings. The van der Waals surface area contributed by atoms with Crippen molar-refractivity contribution in [1.29, 1.82) is 0 Å². The number of benzene rings is 3. The number of anilines is 1. The molecule has 14 heteroatoms. The van der Waals surface area contributed by atoms with Gasteiger partial charge in [0.15, 0.2) is 12.3 Å². The minimum atomic E-state index is -4.61. The van der Waals surface area contributed by atoms with Crippen LogP contribution in [0.25, 0.3) is 5.57 Å². The highest BCUT2D eigenvalue weighted by molar-refractivity contribution is 7.86. The first-order valence-corrected chi connectivity index (χ1v) is 25.4. The predicted molar refractivity (Wildman–Crippen MR) is 257 cm³/mol. The zero-order valence-corrected chi connectivity index (χ0v) is 41.3. The van der Waals surface area contributed by atoms with Gasteiger partial charge in [0.25, 0.3) is 10.1 Å². The third-order valence-corrected chi connectivity index (χ3v) is 13.6. The molecule has 6 rings (SSSR count). The van der Waals surface area contributed by atoms with Crippen LogP contribution < -0.4 is 4.90 Å². The van der Waals surface area contributed by atoms with Gasteiger partial charge >= 0.3 is 5.97 Å². The smallest absolute Gasteiger partial charge is 0.306 e. The highest BCUT2D eigenvalue weighted by Crippen LogP contribution is 2.40. The summed E-state index contributed by atoms with van der Waals surface area (Å²) in [4.78, 5) is 14.5. The van der Waals surface area contributed by atoms with Gasteiger partial charge in [0.05, 0.1) is 78.0 Å². The fourth-order valence-electron chi connectivity index (χ4n) is 8.87. The van der Waals surface area contributed by atoms with E-state index < -0.39 is 25.8 Å². The van der Waals surface area contributed by atoms with Crippen LogP contribution >= 0.6 is 0 Å². The van der Waals surface area contributed by atoms with E-state index in [-0.39, 0.29) is 22.2 Å². The van der Waals surface area contributed by atoms with Crippen LogP contribution in [0.3, 0.4) is 0 Å². The number of quaternary nitrogens is 2. The van der Waals surface area contributed by atoms with Crippen LogP contribution in [0.15, 0.2) is 112 Å². The normalized spacial score (nSPS) is 17.5. The van der Waals surface area contributed by atoms with E-state index in [1.54, 1.807) is 18.2 Å². The molecule has 0 spiro atoms. The molecule has 0 amide bonds. The maximum atomic E-state index is 12.6. The lowest BCUT2D eigenvalue weighted by Crippen LogP contribution is -2.37. The topological polar surface area (TPSA) is 144 Å². The molecule has 3 aromatic rings. The molecule has 1 aliphatic carbocycles. The van der Waals surface area contributed by atoms with Crippen molar-refractivity contribution in [2.45, 2.75) is 94.0 Å². The van der Waals surface area contributed by atoms with E-state index in [1.807, 2.05) is 20.8 Å². The second kappa shape index (κ2) is 19.6. The highest BCUT2D eigenvalue weighted by atomic mass is 32.2. The number of carbonyl (C=O) groups is 1. The van der Waals surface area contributed by atoms with Crippen molar-refractivity contribution in [1.82, 2.24) is 0 Å². The summed E-state index contributed by atoms with van der Waals surface area (Å²) in [5.41, 5.74) is 10.6. The summed E-state index contributed by atoms with van der Waals surface area (Å²) >= 11 is 0. The van der Waals surface area contributed by atoms with Crippen molar-refractivity contribution in [2.24, 2.45) is 0 Å². The fraction of sp³-hybridized carbons (Fsp3) is 0.451. The molecule has 1 N–H and O–H groups in total. The largest absolute Gasteiger partial charge is 0.744 e. The van der Waals surface area contributed by atoms with Crippen LogP contribution in [-0.2, 0) is 49.0 Å². The van der Waals surface area contributed by atoms with Gasteiger partial charge in [-0.3, -0.25) is 9.35 Å². The van der Waals surface area contributed by atoms with Gasteiger partial charge in [0.1, 0.15) is 15.7 Å². The fourth-order valence-corrected chi connectivity index (χ4v) is 9.93. The molecule has 0 aromatic heterocycles. The number of esters is 1. The Morgan fingerprint density at radius 1 is 0.831 bits per heavy atom. The molecule has 12 nitrogen and oxygen atoms in total. The van der Waals surface area contributed by atoms with Crippen molar-refractivity contribution in [3.8, 4) is 0 Å². The van der Waals surface area contributed by atoms with Crippen molar-refractivity contribution in [2.75, 3.05) is 73.4 Å². The van der Waals surface area contributed by atoms with Gasteiger partial charge in [-0.25, -0.2) is 8.42 Å². The highest BCUT2D eigenvalue weighted by Gasteiger charge is 2.31. The molecule has 3 aliphatic rings. The first-order chi connectivity index (χ1) is 30.2. The van der Waals surface area contributed by atoms with Crippen LogP contribution in [0, 0.1) is 0 Å². The maximum absolute atomic E-state index is 12.6. The number of rotatable bonds is 17. The van der Waals surface area contributed by atoms with Crippen LogP contribution in [0.5, 0.6) is 0 Å². The third kappa shape index (κ3) is 13.7. The molecular weight excluding hydrogens is 861 g/mol. The van der Waals surface area contributed by atoms with Crippen molar-refractivity contribution in [3.63, 3.8) is 0 Å². The molecule has 0 bridgehead atoms. The molecular formula is C51H68N4O8S2+2. The summed E-state index contributed by atoms with van der Waals surface area (Å²) in [5, 5.41) is 0. The Balaban J connectivity index is 1.41. The van der Waals surface area contributed by atoms with Gasteiger partial charge in [-0.1, -0.05) is 36.4 Å². The first kappa shape index (κ1) is 49.7. The minimum Gasteiger partial charge on any atom is -0.744 e. The van der Waals surface area contributed by atoms with Crippen molar-refractivity contribution in [3.05, 3.63) is 124 Å². The van der Waals surface area contributed by atoms with E-state index in [9.17, 15) is 30.7 Å². The standard InChI is InChI=1S/C51H67N4O8S2/c1-51(2,3)63-49(56)28-17-37-15-18-40(19-16-37)50-38(20-22-43-33-41-35-45(64(57,58)59)24-26-47(41)52(43)29-11-31-54(4,5)6)13-10-14-39(50)21-23-44-34-42-36-46(65(60,61)62)25-27-48(42)53(44)30-12-32-55(7,8)9/h15-16,18-27,35-36H,10-14,17,28-34H2,1-9H3/q+1/p+1. The summed E-state index contributed by atoms with van der Waals surface area (Å²) in [6.45, 7) is 8.99. The number of allylic oxidation sites excluding steroid dienone is 8. The summed E-state index contributed by atoms with van der Waals surface area (Å²) in [5.74, 6) is -0.235. The van der Waals surface area contributed by atoms with Crippen LogP contribution in [-0.4, -0.2) is 125 Å². The molecule has 0 atom stereocenters. The number of hydrogen-bond donors (Lipinski definition) is 1. The van der Waals surface area contributed by atoms with Crippen LogP contribution in [0.4, 0.5) is 11.4 Å². The summed E-state index contributed by atoms with van der Waals surface area (Å²) in [6.07, 6.45) is 15.0. The van der Waals surface area contributed by atoms with E-state index >= 15 is 0 Å². The molecule has 0 unspecified atom stereocenters. The lowest BCUT2D eigenvalue weighted by Gasteiger charge is -2.27. The molecule has 3 aromatic carbocycles. The Bertz CT molecular complexity index is 2670. The third-order valence-electron chi connectivity index (χ3n) is 11.9. The van der Waals surface area contributed by atoms with Crippen LogP contribution in [0.1, 0.15) is 81.5 Å². The molecule has 350 valence electrons. The number of hydrogen-bond acceptors (Lipinski definition) is 8. The van der Waals surface area contributed by atoms with E-state index in [0.29, 0.717) is 19.3 Å². The van der Waals surface area contributed by atoms with Gasteiger partial charge in [-0.05, 0) is 116 Å². The summed E-state index contributed by atoms with van der Waals surface area (Å²) in [6, 6.07) is 17.9. The molecule has 0 saturated heterocycles. The van der Waals surface area contributed by atoms with Gasteiger partial charge in [-0.15, -0.1) is 0 Å². The summed E-state index contributed by atoms with van der Waals surface area (Å²) < 4.78 is 79.7. The zero-order chi connectivity index (χ0) is 47.5. The van der Waals surface area contributed by atoms with E-state index in [0.717, 1.165) is 129 Å². The SMILES string of the molecule is CC(C)(C)OC(=O)CCc1ccc(C2=C(/C=C/C3=[N+](CCC[N+](C)(C)C)c4ccc(S(=O)(=O)[O-])cc4C3)CCC/C2=C\C=C2/Cc3cc(S(=O)(=O)O)ccc3N2CCC[N+](C)(C)C)cc1. The molecule has 2 heterocycles. The second-order valence-electron chi connectivity index (χ2n) is 20.6. The molecule has 0 radical (unpaired) electrons. The van der Waals surface area contributed by atoms with Gasteiger partial charge in [0.2, 0.25) is 5.69 Å². The number of carbonyl (C=O) groups excluding carboxylic acids is 1. The number of fused-ring (bicyclic) bond motifs is 2. The molecule has 0 saturated carbocycles. The number of nitrogens with zero attached hydrogens (tertiary/aromatic N) is 4. The van der Waals surface area contributed by atoms with Crippen LogP contribution in [0.2, 0.25) is 0 Å². The molecule has 65 heavy (non-hydrogen) atoms. The van der Waals surface area contributed by atoms with Gasteiger partial charge in [0, 0.05) is 54.9 Å². The Kier molecular flexibility index (Phi) is 15.0. The first-order valence-electron chi connectivity index (χ1n) is 22.6. The van der Waals surface area contributed by atoms with E-state index in [4.69, 9.17) is 4.74 Å². The number of aryl methyl sites for hydroxylation is 1. The van der Waals surface area contributed by atoms with Crippen molar-refractivity contribution < 1.29 is 49.0 Å². The monoisotopic (exact) mass is 928 g/mol. The Morgan fingerprint density at radius 3 is 2.14 bits per heavy atom. The predicted octanol–water partition coefficient (Wildman–Crippen LogP) is 8.01. The lowest BCUT2D eigenvalue weighted by atomic mass is 9.82.